The van der Waals surface area contributed by atoms with Gasteiger partial charge in [0.05, 0.1) is 45.1 Å². The molecule has 2 aliphatic rings. The Morgan fingerprint density at radius 3 is 1.44 bits per heavy atom. The number of para-hydroxylation sites is 3. The Morgan fingerprint density at radius 2 is 0.904 bits per heavy atom. The van der Waals surface area contributed by atoms with Crippen LogP contribution in [-0.2, 0) is 5.41 Å². The molecule has 0 atom stereocenters. The number of pyridine rings is 3. The van der Waals surface area contributed by atoms with Crippen molar-refractivity contribution in [3.63, 3.8) is 0 Å². The molecule has 0 saturated heterocycles. The zero-order chi connectivity index (χ0) is 34.0. The lowest BCUT2D eigenvalue weighted by molar-refractivity contribution is 0.436. The Labute approximate surface area is 297 Å². The summed E-state index contributed by atoms with van der Waals surface area (Å²) in [5.41, 5.74) is 11.9. The Bertz CT molecular complexity index is 2820. The third-order valence-electron chi connectivity index (χ3n) is 11.2. The molecule has 0 fully saturated rings. The van der Waals surface area contributed by atoms with E-state index in [1.807, 2.05) is 36.9 Å². The molecule has 0 amide bonds. The van der Waals surface area contributed by atoms with Crippen molar-refractivity contribution >= 4 is 43.6 Å². The highest BCUT2D eigenvalue weighted by Crippen LogP contribution is 2.61. The zero-order valence-electron chi connectivity index (χ0n) is 27.7. The van der Waals surface area contributed by atoms with E-state index in [0.29, 0.717) is 0 Å². The molecule has 1 aliphatic carbocycles. The molecule has 0 saturated carbocycles. The van der Waals surface area contributed by atoms with Crippen molar-refractivity contribution in [1.82, 2.24) is 24.1 Å². The number of hydrogen-bond acceptors (Lipinski definition) is 4. The molecule has 12 rings (SSSR count). The summed E-state index contributed by atoms with van der Waals surface area (Å²) in [5.74, 6) is 1.63. The largest absolute Gasteiger partial charge is 0.457 e. The van der Waals surface area contributed by atoms with E-state index in [1.54, 1.807) is 0 Å². The van der Waals surface area contributed by atoms with Gasteiger partial charge in [0.2, 0.25) is 0 Å². The van der Waals surface area contributed by atoms with Gasteiger partial charge in [-0.25, -0.2) is 0 Å². The lowest BCUT2D eigenvalue weighted by Crippen LogP contribution is -2.32. The van der Waals surface area contributed by atoms with Gasteiger partial charge in [-0.2, -0.15) is 0 Å². The van der Waals surface area contributed by atoms with Crippen molar-refractivity contribution in [3.8, 4) is 34.3 Å². The van der Waals surface area contributed by atoms with Gasteiger partial charge in [-0.15, -0.1) is 0 Å². The average molecular weight is 666 g/mol. The Kier molecular flexibility index (Phi) is 5.34. The maximum atomic E-state index is 6.92. The van der Waals surface area contributed by atoms with Gasteiger partial charge < -0.3 is 13.9 Å². The highest BCUT2D eigenvalue weighted by Gasteiger charge is 2.52. The standard InChI is InChI=1S/C46H27N5O/c1-4-14-38-30(9-1)31-10-2-5-15-39(31)50(38)28-17-19-42-36(25-28)46(34-12-7-22-48-44(34)45-35(46)13-8-23-49-45)37-26-29(18-20-43(37)52-42)51-40-16-6-3-11-32(40)33-21-24-47-27-41(33)51/h1-27H. The second-order valence-corrected chi connectivity index (χ2v) is 13.6. The first-order valence-corrected chi connectivity index (χ1v) is 17.5. The summed E-state index contributed by atoms with van der Waals surface area (Å²) >= 11 is 0. The minimum Gasteiger partial charge on any atom is -0.457 e. The quantitative estimate of drug-likeness (QED) is 0.184. The van der Waals surface area contributed by atoms with Crippen LogP contribution < -0.4 is 4.74 Å². The van der Waals surface area contributed by atoms with Crippen molar-refractivity contribution in [2.24, 2.45) is 0 Å². The number of aromatic nitrogens is 5. The molecule has 242 valence electrons. The highest BCUT2D eigenvalue weighted by molar-refractivity contribution is 6.10. The molecule has 0 unspecified atom stereocenters. The van der Waals surface area contributed by atoms with Crippen LogP contribution in [0.1, 0.15) is 22.3 Å². The molecule has 5 aromatic heterocycles. The first-order chi connectivity index (χ1) is 25.8. The molecule has 1 aliphatic heterocycles. The van der Waals surface area contributed by atoms with E-state index >= 15 is 0 Å². The Hall–Kier alpha value is -7.05. The molecular weight excluding hydrogens is 639 g/mol. The molecule has 52 heavy (non-hydrogen) atoms. The minimum atomic E-state index is -0.752. The van der Waals surface area contributed by atoms with Crippen molar-refractivity contribution in [3.05, 3.63) is 187 Å². The van der Waals surface area contributed by atoms with Gasteiger partial charge in [-0.05, 0) is 83.9 Å². The summed E-state index contributed by atoms with van der Waals surface area (Å²) in [7, 11) is 0. The maximum absolute atomic E-state index is 6.92. The van der Waals surface area contributed by atoms with E-state index in [9.17, 15) is 0 Å². The monoisotopic (exact) mass is 665 g/mol. The van der Waals surface area contributed by atoms with Crippen LogP contribution in [-0.4, -0.2) is 24.1 Å². The topological polar surface area (TPSA) is 57.8 Å². The van der Waals surface area contributed by atoms with Crippen LogP contribution in [0.4, 0.5) is 0 Å². The normalized spacial score (nSPS) is 13.7. The zero-order valence-corrected chi connectivity index (χ0v) is 27.7. The second-order valence-electron chi connectivity index (χ2n) is 13.6. The third kappa shape index (κ3) is 3.41. The van der Waals surface area contributed by atoms with E-state index in [2.05, 4.69) is 142 Å². The predicted molar refractivity (Wildman–Crippen MR) is 206 cm³/mol. The summed E-state index contributed by atoms with van der Waals surface area (Å²) in [6.07, 6.45) is 7.57. The average Bonchev–Trinajstić information content (AvgIpc) is 3.83. The summed E-state index contributed by atoms with van der Waals surface area (Å²) in [5, 5.41) is 4.81. The summed E-state index contributed by atoms with van der Waals surface area (Å²) in [6, 6.07) is 49.7. The number of hydrogen-bond donors (Lipinski definition) is 0. The summed E-state index contributed by atoms with van der Waals surface area (Å²) in [6.45, 7) is 0. The Balaban J connectivity index is 1.20. The number of fused-ring (bicyclic) bond motifs is 15. The van der Waals surface area contributed by atoms with Gasteiger partial charge in [0, 0.05) is 62.6 Å². The van der Waals surface area contributed by atoms with Crippen molar-refractivity contribution < 1.29 is 4.74 Å². The second kappa shape index (κ2) is 10.0. The van der Waals surface area contributed by atoms with E-state index in [4.69, 9.17) is 14.7 Å². The van der Waals surface area contributed by atoms with E-state index in [0.717, 1.165) is 78.6 Å². The van der Waals surface area contributed by atoms with E-state index in [1.165, 1.54) is 21.5 Å². The number of benzene rings is 5. The lowest BCUT2D eigenvalue weighted by Gasteiger charge is -2.39. The van der Waals surface area contributed by atoms with Crippen LogP contribution >= 0.6 is 0 Å². The number of nitrogens with zero attached hydrogens (tertiary/aromatic N) is 5. The van der Waals surface area contributed by atoms with Crippen molar-refractivity contribution in [2.45, 2.75) is 5.41 Å². The van der Waals surface area contributed by atoms with Gasteiger partial charge in [0.15, 0.2) is 0 Å². The molecule has 0 bridgehead atoms. The molecule has 10 aromatic rings. The van der Waals surface area contributed by atoms with Crippen LogP contribution in [0.25, 0.3) is 66.4 Å². The van der Waals surface area contributed by atoms with Crippen LogP contribution in [0, 0.1) is 0 Å². The predicted octanol–water partition coefficient (Wildman–Crippen LogP) is 10.5. The van der Waals surface area contributed by atoms with Crippen molar-refractivity contribution in [1.29, 1.82) is 0 Å². The third-order valence-corrected chi connectivity index (χ3v) is 11.2. The molecule has 6 heteroatoms. The van der Waals surface area contributed by atoms with Gasteiger partial charge in [0.25, 0.3) is 0 Å². The summed E-state index contributed by atoms with van der Waals surface area (Å²) in [4.78, 5) is 14.5. The fourth-order valence-electron chi connectivity index (χ4n) is 9.16. The molecule has 5 aromatic carbocycles. The van der Waals surface area contributed by atoms with Crippen LogP contribution in [0.5, 0.6) is 11.5 Å². The van der Waals surface area contributed by atoms with Gasteiger partial charge in [-0.3, -0.25) is 15.0 Å². The maximum Gasteiger partial charge on any atom is 0.132 e. The molecule has 0 radical (unpaired) electrons. The summed E-state index contributed by atoms with van der Waals surface area (Å²) < 4.78 is 11.6. The molecular formula is C46H27N5O. The lowest BCUT2D eigenvalue weighted by atomic mass is 9.66. The van der Waals surface area contributed by atoms with Gasteiger partial charge in [-0.1, -0.05) is 66.7 Å². The Morgan fingerprint density at radius 1 is 0.423 bits per heavy atom. The molecule has 6 heterocycles. The number of ether oxygens (including phenoxy) is 1. The van der Waals surface area contributed by atoms with Gasteiger partial charge >= 0.3 is 0 Å². The molecule has 6 nitrogen and oxygen atoms in total. The first-order valence-electron chi connectivity index (χ1n) is 17.5. The molecule has 1 spiro atoms. The molecule has 0 N–H and O–H groups in total. The smallest absolute Gasteiger partial charge is 0.132 e. The van der Waals surface area contributed by atoms with Crippen molar-refractivity contribution in [2.75, 3.05) is 0 Å². The highest BCUT2D eigenvalue weighted by atomic mass is 16.5. The van der Waals surface area contributed by atoms with Crippen LogP contribution in [0.2, 0.25) is 0 Å². The SMILES string of the molecule is c1cnc2c(c1)C1(c3cc(-n4c5ccccc5c5ccccc54)ccc3Oc3ccc(-n4c5ccccc5c5ccncc54)cc31)c1cccnc1-2. The minimum absolute atomic E-state index is 0.752. The first kappa shape index (κ1) is 27.7. The fourth-order valence-corrected chi connectivity index (χ4v) is 9.16. The van der Waals surface area contributed by atoms with Gasteiger partial charge in [0.1, 0.15) is 11.5 Å². The van der Waals surface area contributed by atoms with Crippen LogP contribution in [0.15, 0.2) is 164 Å². The fraction of sp³-hybridized carbons (Fsp3) is 0.0217. The van der Waals surface area contributed by atoms with E-state index < -0.39 is 5.41 Å². The van der Waals surface area contributed by atoms with E-state index in [-0.39, 0.29) is 0 Å². The van der Waals surface area contributed by atoms with Crippen LogP contribution in [0.3, 0.4) is 0 Å². The number of rotatable bonds is 2.